The Labute approximate surface area is 244 Å². The zero-order chi connectivity index (χ0) is 30.9. The molecule has 0 fully saturated rings. The number of aromatic hydroxyl groups is 1. The fourth-order valence-corrected chi connectivity index (χ4v) is 5.38. The third-order valence-corrected chi connectivity index (χ3v) is 7.78. The molecule has 1 heterocycles. The lowest BCUT2D eigenvalue weighted by molar-refractivity contribution is -0.119. The molecule has 220 valence electrons. The Morgan fingerprint density at radius 3 is 2.50 bits per heavy atom. The molecule has 0 aromatic heterocycles. The van der Waals surface area contributed by atoms with Crippen molar-refractivity contribution in [3.05, 3.63) is 68.7 Å². The maximum absolute atomic E-state index is 13.8. The number of benzene rings is 2. The molecule has 2 aliphatic rings. The number of aryl methyl sites for hydroxylation is 1. The molecule has 4 rings (SSSR count). The largest absolute Gasteiger partial charge is 0.507 e. The van der Waals surface area contributed by atoms with E-state index < -0.39 is 17.1 Å². The predicted molar refractivity (Wildman–Crippen MR) is 156 cm³/mol. The molecule has 2 aromatic rings. The number of ketones is 1. The Balaban J connectivity index is 1.73. The molecule has 42 heavy (non-hydrogen) atoms. The highest BCUT2D eigenvalue weighted by molar-refractivity contribution is 6.27. The Hall–Kier alpha value is -4.91. The van der Waals surface area contributed by atoms with Crippen molar-refractivity contribution < 1.29 is 38.9 Å². The Morgan fingerprint density at radius 2 is 1.86 bits per heavy atom. The van der Waals surface area contributed by atoms with Gasteiger partial charge in [0.05, 0.1) is 24.0 Å². The van der Waals surface area contributed by atoms with E-state index in [0.29, 0.717) is 0 Å². The molecule has 10 nitrogen and oxygen atoms in total. The van der Waals surface area contributed by atoms with Gasteiger partial charge in [0.1, 0.15) is 53.5 Å². The number of Topliss-reactive ketones (excluding diaryl/α,β-unsaturated/α-hetero) is 1. The molecule has 0 bridgehead atoms. The van der Waals surface area contributed by atoms with E-state index in [1.165, 1.54) is 33.3 Å². The number of methoxy groups -OCH3 is 1. The van der Waals surface area contributed by atoms with E-state index in [-0.39, 0.29) is 64.3 Å². The fraction of sp³-hybridized carbons (Fsp3) is 0.344. The van der Waals surface area contributed by atoms with Crippen LogP contribution in [-0.2, 0) is 21.6 Å². The minimum atomic E-state index is -1.55. The van der Waals surface area contributed by atoms with Gasteiger partial charge in [-0.1, -0.05) is 11.1 Å². The first-order valence-corrected chi connectivity index (χ1v) is 13.2. The fourth-order valence-electron chi connectivity index (χ4n) is 5.38. The van der Waals surface area contributed by atoms with Crippen LogP contribution in [0.2, 0.25) is 0 Å². The van der Waals surface area contributed by atoms with Crippen LogP contribution in [0.15, 0.2) is 40.5 Å². The number of fused-ring (bicyclic) bond motifs is 3. The number of rotatable bonds is 8. The van der Waals surface area contributed by atoms with Gasteiger partial charge in [0.25, 0.3) is 5.91 Å². The number of nitrogens with one attached hydrogen (secondary N) is 1. The molecule has 1 aliphatic heterocycles. The van der Waals surface area contributed by atoms with Crippen LogP contribution >= 0.6 is 0 Å². The molecule has 1 amide bonds. The van der Waals surface area contributed by atoms with E-state index in [1.54, 1.807) is 13.8 Å². The zero-order valence-corrected chi connectivity index (χ0v) is 24.9. The van der Waals surface area contributed by atoms with Crippen molar-refractivity contribution in [3.63, 3.8) is 0 Å². The SMILES string of the molecule is CC#CCOc1cc(C)c(CNC(=O)c2c(OC)cc(O)c3c2OC2=CC(O)=C(/C(C)=N/OC)C(=O)[C@]23C)c(C)c1C. The highest BCUT2D eigenvalue weighted by Gasteiger charge is 2.55. The monoisotopic (exact) mass is 574 g/mol. The number of aliphatic hydroxyl groups excluding tert-OH is 1. The van der Waals surface area contributed by atoms with Gasteiger partial charge < -0.3 is 34.6 Å². The highest BCUT2D eigenvalue weighted by atomic mass is 16.6. The molecule has 0 unspecified atom stereocenters. The van der Waals surface area contributed by atoms with Gasteiger partial charge in [-0.05, 0) is 69.9 Å². The molecule has 3 N–H and O–H groups in total. The molecule has 0 spiro atoms. The molecular weight excluding hydrogens is 540 g/mol. The minimum Gasteiger partial charge on any atom is -0.507 e. The van der Waals surface area contributed by atoms with Crippen LogP contribution in [0.25, 0.3) is 0 Å². The van der Waals surface area contributed by atoms with E-state index >= 15 is 0 Å². The first kappa shape index (κ1) is 30.1. The molecule has 1 aliphatic carbocycles. The number of phenols is 1. The molecule has 0 saturated heterocycles. The topological polar surface area (TPSA) is 136 Å². The van der Waals surface area contributed by atoms with Crippen molar-refractivity contribution in [2.75, 3.05) is 20.8 Å². The number of hydrogen-bond acceptors (Lipinski definition) is 9. The second-order valence-electron chi connectivity index (χ2n) is 10.2. The lowest BCUT2D eigenvalue weighted by Crippen LogP contribution is -2.38. The number of aliphatic hydroxyl groups is 1. The van der Waals surface area contributed by atoms with Crippen LogP contribution in [0, 0.1) is 32.6 Å². The smallest absolute Gasteiger partial charge is 0.259 e. The quantitative estimate of drug-likeness (QED) is 0.236. The van der Waals surface area contributed by atoms with Crippen LogP contribution < -0.4 is 19.5 Å². The van der Waals surface area contributed by atoms with Gasteiger partial charge >= 0.3 is 0 Å². The maximum atomic E-state index is 13.8. The highest BCUT2D eigenvalue weighted by Crippen LogP contribution is 2.56. The van der Waals surface area contributed by atoms with Crippen molar-refractivity contribution in [1.82, 2.24) is 5.32 Å². The van der Waals surface area contributed by atoms with E-state index in [4.69, 9.17) is 19.0 Å². The van der Waals surface area contributed by atoms with E-state index in [2.05, 4.69) is 22.3 Å². The van der Waals surface area contributed by atoms with Crippen molar-refractivity contribution >= 4 is 17.4 Å². The van der Waals surface area contributed by atoms with Gasteiger partial charge in [0.15, 0.2) is 11.5 Å². The molecular formula is C32H34N2O8. The van der Waals surface area contributed by atoms with Crippen molar-refractivity contribution in [3.8, 4) is 34.8 Å². The molecule has 2 aromatic carbocycles. The summed E-state index contributed by atoms with van der Waals surface area (Å²) in [4.78, 5) is 32.3. The van der Waals surface area contributed by atoms with Gasteiger partial charge in [-0.25, -0.2) is 0 Å². The summed E-state index contributed by atoms with van der Waals surface area (Å²) in [6.45, 7) is 11.1. The summed E-state index contributed by atoms with van der Waals surface area (Å²) in [5, 5.41) is 28.5. The minimum absolute atomic E-state index is 0.00284. The number of allylic oxidation sites excluding steroid dienone is 3. The van der Waals surface area contributed by atoms with Gasteiger partial charge in [-0.15, -0.1) is 5.92 Å². The average Bonchev–Trinajstić information content (AvgIpc) is 3.24. The summed E-state index contributed by atoms with van der Waals surface area (Å²) in [5.74, 6) is 4.71. The predicted octanol–water partition coefficient (Wildman–Crippen LogP) is 4.61. The Bertz CT molecular complexity index is 1650. The van der Waals surface area contributed by atoms with Crippen LogP contribution in [-0.4, -0.2) is 48.4 Å². The number of phenolic OH excluding ortho intramolecular Hbond substituents is 1. The summed E-state index contributed by atoms with van der Waals surface area (Å²) in [7, 11) is 2.69. The average molecular weight is 575 g/mol. The lowest BCUT2D eigenvalue weighted by atomic mass is 9.71. The van der Waals surface area contributed by atoms with Crippen LogP contribution in [0.1, 0.15) is 58.9 Å². The lowest BCUT2D eigenvalue weighted by Gasteiger charge is -2.28. The van der Waals surface area contributed by atoms with Gasteiger partial charge in [-0.2, -0.15) is 0 Å². The first-order chi connectivity index (χ1) is 19.9. The van der Waals surface area contributed by atoms with Crippen molar-refractivity contribution in [2.45, 2.75) is 53.5 Å². The Kier molecular flexibility index (Phi) is 8.25. The molecule has 10 heteroatoms. The number of hydrogen-bond donors (Lipinski definition) is 3. The molecule has 0 radical (unpaired) electrons. The van der Waals surface area contributed by atoms with Gasteiger partial charge in [-0.3, -0.25) is 9.59 Å². The summed E-state index contributed by atoms with van der Waals surface area (Å²) >= 11 is 0. The van der Waals surface area contributed by atoms with Crippen molar-refractivity contribution in [1.29, 1.82) is 0 Å². The second kappa shape index (κ2) is 11.5. The Morgan fingerprint density at radius 1 is 1.14 bits per heavy atom. The van der Waals surface area contributed by atoms with Crippen LogP contribution in [0.4, 0.5) is 0 Å². The summed E-state index contributed by atoms with van der Waals surface area (Å²) in [5.41, 5.74) is 2.33. The van der Waals surface area contributed by atoms with Crippen LogP contribution in [0.3, 0.4) is 0 Å². The number of carbonyl (C=O) groups excluding carboxylic acids is 2. The zero-order valence-electron chi connectivity index (χ0n) is 24.9. The second-order valence-corrected chi connectivity index (χ2v) is 10.2. The standard InChI is InChI=1S/C32H34N2O8/c1-9-10-11-41-23-12-16(2)20(17(3)18(23)4)15-33-31(38)27-24(39-7)13-22(36)28-29(27)42-25-14-21(35)26(19(5)34-40-8)30(37)32(25,28)6/h12-14,35-36H,11,15H2,1-8H3,(H,33,38)/b34-19+/t32-/m1/s1. The van der Waals surface area contributed by atoms with Gasteiger partial charge in [0, 0.05) is 18.7 Å². The van der Waals surface area contributed by atoms with Crippen LogP contribution in [0.5, 0.6) is 23.0 Å². The summed E-state index contributed by atoms with van der Waals surface area (Å²) in [6, 6.07) is 3.19. The van der Waals surface area contributed by atoms with E-state index in [0.717, 1.165) is 28.0 Å². The van der Waals surface area contributed by atoms with E-state index in [9.17, 15) is 19.8 Å². The summed E-state index contributed by atoms with van der Waals surface area (Å²) < 4.78 is 17.3. The number of ether oxygens (including phenoxy) is 3. The molecule has 1 atom stereocenters. The number of amides is 1. The number of nitrogens with zero attached hydrogens (tertiary/aromatic N) is 1. The van der Waals surface area contributed by atoms with Gasteiger partial charge in [0.2, 0.25) is 0 Å². The third kappa shape index (κ3) is 4.81. The maximum Gasteiger partial charge on any atom is 0.259 e. The van der Waals surface area contributed by atoms with Crippen molar-refractivity contribution in [2.24, 2.45) is 5.16 Å². The normalized spacial score (nSPS) is 17.4. The van der Waals surface area contributed by atoms with E-state index in [1.807, 2.05) is 26.8 Å². The third-order valence-electron chi connectivity index (χ3n) is 7.78. The number of carbonyl (C=O) groups is 2. The molecule has 0 saturated carbocycles. The first-order valence-electron chi connectivity index (χ1n) is 13.2. The number of oxime groups is 1. The summed E-state index contributed by atoms with van der Waals surface area (Å²) in [6.07, 6.45) is 1.28.